The summed E-state index contributed by atoms with van der Waals surface area (Å²) in [5.41, 5.74) is 1.23. The summed E-state index contributed by atoms with van der Waals surface area (Å²) in [5.74, 6) is 1.45. The first-order valence-corrected chi connectivity index (χ1v) is 7.17. The molecular formula is C16H23ClO. The monoisotopic (exact) mass is 266 g/mol. The van der Waals surface area contributed by atoms with Crippen LogP contribution < -0.4 is 4.74 Å². The molecule has 1 aromatic rings. The highest BCUT2D eigenvalue weighted by Crippen LogP contribution is 2.34. The lowest BCUT2D eigenvalue weighted by molar-refractivity contribution is 0.333. The zero-order chi connectivity index (χ0) is 13.4. The Bertz CT molecular complexity index is 385. The molecule has 0 N–H and O–H groups in total. The lowest BCUT2D eigenvalue weighted by Gasteiger charge is -2.18. The third kappa shape index (κ3) is 4.38. The molecule has 0 amide bonds. The zero-order valence-corrected chi connectivity index (χ0v) is 12.3. The molecule has 1 unspecified atom stereocenters. The van der Waals surface area contributed by atoms with E-state index in [2.05, 4.69) is 26.0 Å². The van der Waals surface area contributed by atoms with Crippen LogP contribution >= 0.6 is 11.6 Å². The van der Waals surface area contributed by atoms with Gasteiger partial charge >= 0.3 is 0 Å². The van der Waals surface area contributed by atoms with Gasteiger partial charge in [0, 0.05) is 5.02 Å². The van der Waals surface area contributed by atoms with Crippen LogP contribution in [0.5, 0.6) is 5.75 Å². The van der Waals surface area contributed by atoms with E-state index in [9.17, 15) is 0 Å². The molecule has 0 spiro atoms. The van der Waals surface area contributed by atoms with Crippen molar-refractivity contribution >= 4 is 11.6 Å². The Morgan fingerprint density at radius 2 is 2.00 bits per heavy atom. The molecule has 0 aromatic heterocycles. The first-order valence-electron chi connectivity index (χ1n) is 6.80. The number of rotatable bonds is 7. The van der Waals surface area contributed by atoms with Crippen molar-refractivity contribution in [3.63, 3.8) is 0 Å². The van der Waals surface area contributed by atoms with Crippen molar-refractivity contribution in [2.24, 2.45) is 0 Å². The van der Waals surface area contributed by atoms with Gasteiger partial charge in [0.05, 0.1) is 6.61 Å². The van der Waals surface area contributed by atoms with Crippen molar-refractivity contribution in [1.82, 2.24) is 0 Å². The minimum absolute atomic E-state index is 0.480. The van der Waals surface area contributed by atoms with Crippen molar-refractivity contribution in [1.29, 1.82) is 0 Å². The van der Waals surface area contributed by atoms with E-state index in [1.807, 2.05) is 25.1 Å². The molecule has 1 nitrogen and oxygen atoms in total. The first kappa shape index (κ1) is 15.1. The second kappa shape index (κ2) is 8.20. The Labute approximate surface area is 116 Å². The Balaban J connectivity index is 2.94. The second-order valence-corrected chi connectivity index (χ2v) is 4.77. The Morgan fingerprint density at radius 3 is 2.61 bits per heavy atom. The standard InChI is InChI=1S/C16H23ClO/c1-4-7-8-9-13(5-2)15-12-14(17)10-11-16(15)18-6-3/h7-8,10-13H,4-6,9H2,1-3H3/b8-7-. The van der Waals surface area contributed by atoms with Crippen LogP contribution in [-0.4, -0.2) is 6.61 Å². The predicted octanol–water partition coefficient (Wildman–Crippen LogP) is 5.59. The van der Waals surface area contributed by atoms with E-state index in [1.54, 1.807) is 0 Å². The Kier molecular flexibility index (Phi) is 6.89. The first-order chi connectivity index (χ1) is 8.72. The highest BCUT2D eigenvalue weighted by molar-refractivity contribution is 6.30. The van der Waals surface area contributed by atoms with Gasteiger partial charge in [-0.1, -0.05) is 37.6 Å². The van der Waals surface area contributed by atoms with E-state index in [-0.39, 0.29) is 0 Å². The number of benzene rings is 1. The molecule has 18 heavy (non-hydrogen) atoms. The van der Waals surface area contributed by atoms with Gasteiger partial charge in [0.25, 0.3) is 0 Å². The maximum Gasteiger partial charge on any atom is 0.122 e. The third-order valence-electron chi connectivity index (χ3n) is 3.03. The van der Waals surface area contributed by atoms with Crippen molar-refractivity contribution in [2.45, 2.75) is 46.0 Å². The highest BCUT2D eigenvalue weighted by atomic mass is 35.5. The van der Waals surface area contributed by atoms with Gasteiger partial charge in [-0.05, 0) is 55.9 Å². The van der Waals surface area contributed by atoms with Crippen LogP contribution in [0.1, 0.15) is 51.5 Å². The van der Waals surface area contributed by atoms with Crippen LogP contribution in [0.4, 0.5) is 0 Å². The van der Waals surface area contributed by atoms with Crippen LogP contribution in [0.3, 0.4) is 0 Å². The predicted molar refractivity (Wildman–Crippen MR) is 79.7 cm³/mol. The molecule has 1 aromatic carbocycles. The minimum atomic E-state index is 0.480. The summed E-state index contributed by atoms with van der Waals surface area (Å²) in [4.78, 5) is 0. The van der Waals surface area contributed by atoms with Gasteiger partial charge < -0.3 is 4.74 Å². The van der Waals surface area contributed by atoms with Crippen molar-refractivity contribution in [3.8, 4) is 5.75 Å². The van der Waals surface area contributed by atoms with E-state index < -0.39 is 0 Å². The zero-order valence-electron chi connectivity index (χ0n) is 11.6. The fourth-order valence-corrected chi connectivity index (χ4v) is 2.25. The van der Waals surface area contributed by atoms with Crippen LogP contribution in [0.2, 0.25) is 5.02 Å². The topological polar surface area (TPSA) is 9.23 Å². The summed E-state index contributed by atoms with van der Waals surface area (Å²) in [6.45, 7) is 7.07. The number of hydrogen-bond acceptors (Lipinski definition) is 1. The molecule has 0 saturated heterocycles. The molecule has 2 heteroatoms. The molecule has 0 aliphatic rings. The van der Waals surface area contributed by atoms with Gasteiger partial charge in [-0.2, -0.15) is 0 Å². The molecule has 0 fully saturated rings. The fraction of sp³-hybridized carbons (Fsp3) is 0.500. The maximum atomic E-state index is 6.11. The lowest BCUT2D eigenvalue weighted by atomic mass is 9.92. The Morgan fingerprint density at radius 1 is 1.22 bits per heavy atom. The number of allylic oxidation sites excluding steroid dienone is 2. The number of halogens is 1. The summed E-state index contributed by atoms with van der Waals surface area (Å²) in [5, 5.41) is 0.784. The highest BCUT2D eigenvalue weighted by Gasteiger charge is 2.14. The molecule has 100 valence electrons. The average molecular weight is 267 g/mol. The van der Waals surface area contributed by atoms with Gasteiger partial charge in [0.2, 0.25) is 0 Å². The van der Waals surface area contributed by atoms with Crippen LogP contribution in [-0.2, 0) is 0 Å². The molecular weight excluding hydrogens is 244 g/mol. The third-order valence-corrected chi connectivity index (χ3v) is 3.26. The fourth-order valence-electron chi connectivity index (χ4n) is 2.07. The molecule has 0 heterocycles. The molecule has 0 saturated carbocycles. The summed E-state index contributed by atoms with van der Waals surface area (Å²) in [7, 11) is 0. The molecule has 0 bridgehead atoms. The van der Waals surface area contributed by atoms with Crippen molar-refractivity contribution < 1.29 is 4.74 Å². The van der Waals surface area contributed by atoms with Gasteiger partial charge in [-0.25, -0.2) is 0 Å². The van der Waals surface area contributed by atoms with Crippen LogP contribution in [0.15, 0.2) is 30.4 Å². The lowest BCUT2D eigenvalue weighted by Crippen LogP contribution is -2.02. The largest absolute Gasteiger partial charge is 0.494 e. The summed E-state index contributed by atoms with van der Waals surface area (Å²) >= 11 is 6.11. The van der Waals surface area contributed by atoms with Crippen LogP contribution in [0, 0.1) is 0 Å². The second-order valence-electron chi connectivity index (χ2n) is 4.34. The van der Waals surface area contributed by atoms with E-state index in [4.69, 9.17) is 16.3 Å². The smallest absolute Gasteiger partial charge is 0.122 e. The van der Waals surface area contributed by atoms with E-state index in [0.717, 1.165) is 30.0 Å². The van der Waals surface area contributed by atoms with E-state index >= 15 is 0 Å². The SMILES string of the molecule is CC/C=C\CC(CC)c1cc(Cl)ccc1OCC. The van der Waals surface area contributed by atoms with Gasteiger partial charge in [0.1, 0.15) is 5.75 Å². The maximum absolute atomic E-state index is 6.11. The van der Waals surface area contributed by atoms with E-state index in [1.165, 1.54) is 5.56 Å². The van der Waals surface area contributed by atoms with Crippen molar-refractivity contribution in [3.05, 3.63) is 40.9 Å². The summed E-state index contributed by atoms with van der Waals surface area (Å²) in [6, 6.07) is 5.92. The molecule has 1 atom stereocenters. The molecule has 0 radical (unpaired) electrons. The molecule has 0 aliphatic carbocycles. The summed E-state index contributed by atoms with van der Waals surface area (Å²) in [6.07, 6.45) is 7.70. The minimum Gasteiger partial charge on any atom is -0.494 e. The average Bonchev–Trinajstić information content (AvgIpc) is 2.37. The number of hydrogen-bond donors (Lipinski definition) is 0. The van der Waals surface area contributed by atoms with Crippen LogP contribution in [0.25, 0.3) is 0 Å². The normalized spacial score (nSPS) is 12.9. The summed E-state index contributed by atoms with van der Waals surface area (Å²) < 4.78 is 5.70. The molecule has 0 aliphatic heterocycles. The molecule has 1 rings (SSSR count). The number of ether oxygens (including phenoxy) is 1. The van der Waals surface area contributed by atoms with Gasteiger partial charge in [-0.3, -0.25) is 0 Å². The van der Waals surface area contributed by atoms with Gasteiger partial charge in [0.15, 0.2) is 0 Å². The Hall–Kier alpha value is -0.950. The quantitative estimate of drug-likeness (QED) is 0.585. The van der Waals surface area contributed by atoms with Crippen molar-refractivity contribution in [2.75, 3.05) is 6.61 Å². The van der Waals surface area contributed by atoms with Gasteiger partial charge in [-0.15, -0.1) is 0 Å². The van der Waals surface area contributed by atoms with E-state index in [0.29, 0.717) is 12.5 Å².